The molecule has 0 radical (unpaired) electrons. The Morgan fingerprint density at radius 3 is 2.56 bits per heavy atom. The number of halogens is 1. The molecule has 0 heterocycles. The second kappa shape index (κ2) is 7.80. The molecule has 0 saturated heterocycles. The van der Waals surface area contributed by atoms with Crippen LogP contribution in [-0.4, -0.2) is 19.1 Å². The van der Waals surface area contributed by atoms with Gasteiger partial charge in [0.25, 0.3) is 0 Å². The molecule has 1 N–H and O–H groups in total. The van der Waals surface area contributed by atoms with Crippen LogP contribution < -0.4 is 10.2 Å². The fraction of sp³-hybridized carbons (Fsp3) is 0.600. The van der Waals surface area contributed by atoms with Gasteiger partial charge in [0.15, 0.2) is 0 Å². The van der Waals surface area contributed by atoms with Crippen LogP contribution in [0, 0.1) is 0 Å². The summed E-state index contributed by atoms with van der Waals surface area (Å²) in [7, 11) is 0. The van der Waals surface area contributed by atoms with E-state index in [9.17, 15) is 0 Å². The van der Waals surface area contributed by atoms with Gasteiger partial charge >= 0.3 is 0 Å². The maximum absolute atomic E-state index is 3.59. The standard InChI is InChI=1S/C15H25BrN2/c1-5-9-18(12(3)4)15-10-14(16)8-7-13(15)11-17-6-2/h7-8,10,12,17H,5-6,9,11H2,1-4H3. The van der Waals surface area contributed by atoms with Crippen molar-refractivity contribution in [2.75, 3.05) is 18.0 Å². The monoisotopic (exact) mass is 312 g/mol. The van der Waals surface area contributed by atoms with Crippen LogP contribution >= 0.6 is 15.9 Å². The Balaban J connectivity index is 3.04. The van der Waals surface area contributed by atoms with Crippen molar-refractivity contribution in [3.05, 3.63) is 28.2 Å². The second-order valence-corrected chi connectivity index (χ2v) is 5.76. The first-order valence-electron chi connectivity index (χ1n) is 6.85. The minimum atomic E-state index is 0.527. The van der Waals surface area contributed by atoms with E-state index in [1.807, 2.05) is 0 Å². The van der Waals surface area contributed by atoms with Gasteiger partial charge in [0.05, 0.1) is 0 Å². The highest BCUT2D eigenvalue weighted by molar-refractivity contribution is 9.10. The lowest BCUT2D eigenvalue weighted by Gasteiger charge is -2.31. The van der Waals surface area contributed by atoms with E-state index in [0.29, 0.717) is 6.04 Å². The Labute approximate surface area is 120 Å². The van der Waals surface area contributed by atoms with Crippen molar-refractivity contribution in [2.24, 2.45) is 0 Å². The number of anilines is 1. The highest BCUT2D eigenvalue weighted by atomic mass is 79.9. The van der Waals surface area contributed by atoms with E-state index < -0.39 is 0 Å². The summed E-state index contributed by atoms with van der Waals surface area (Å²) in [5.74, 6) is 0. The largest absolute Gasteiger partial charge is 0.369 e. The van der Waals surface area contributed by atoms with E-state index in [-0.39, 0.29) is 0 Å². The SMILES string of the molecule is CCCN(c1cc(Br)ccc1CNCC)C(C)C. The molecule has 0 aliphatic heterocycles. The summed E-state index contributed by atoms with van der Waals surface area (Å²) in [6.45, 7) is 11.9. The molecule has 1 aromatic rings. The Kier molecular flexibility index (Phi) is 6.72. The first kappa shape index (κ1) is 15.5. The molecular weight excluding hydrogens is 288 g/mol. The van der Waals surface area contributed by atoms with Crippen molar-refractivity contribution in [3.63, 3.8) is 0 Å². The summed E-state index contributed by atoms with van der Waals surface area (Å²) >= 11 is 3.59. The molecule has 0 fully saturated rings. The van der Waals surface area contributed by atoms with Crippen LogP contribution in [0.25, 0.3) is 0 Å². The van der Waals surface area contributed by atoms with E-state index in [4.69, 9.17) is 0 Å². The molecule has 3 heteroatoms. The maximum Gasteiger partial charge on any atom is 0.0425 e. The van der Waals surface area contributed by atoms with Crippen molar-refractivity contribution < 1.29 is 0 Å². The molecule has 18 heavy (non-hydrogen) atoms. The molecule has 102 valence electrons. The Morgan fingerprint density at radius 1 is 1.28 bits per heavy atom. The molecule has 0 unspecified atom stereocenters. The van der Waals surface area contributed by atoms with Gasteiger partial charge in [-0.05, 0) is 44.5 Å². The van der Waals surface area contributed by atoms with Gasteiger partial charge in [0.2, 0.25) is 0 Å². The molecule has 0 aliphatic rings. The van der Waals surface area contributed by atoms with Gasteiger partial charge in [0.1, 0.15) is 0 Å². The zero-order valence-corrected chi connectivity index (χ0v) is 13.5. The lowest BCUT2D eigenvalue weighted by Crippen LogP contribution is -2.32. The smallest absolute Gasteiger partial charge is 0.0425 e. The van der Waals surface area contributed by atoms with E-state index in [1.54, 1.807) is 0 Å². The number of hydrogen-bond donors (Lipinski definition) is 1. The zero-order valence-electron chi connectivity index (χ0n) is 12.0. The van der Waals surface area contributed by atoms with Gasteiger partial charge in [-0.1, -0.05) is 35.8 Å². The average Bonchev–Trinajstić information content (AvgIpc) is 2.34. The molecule has 0 bridgehead atoms. The summed E-state index contributed by atoms with van der Waals surface area (Å²) < 4.78 is 1.15. The minimum absolute atomic E-state index is 0.527. The summed E-state index contributed by atoms with van der Waals surface area (Å²) in [4.78, 5) is 2.48. The molecule has 0 aromatic heterocycles. The van der Waals surface area contributed by atoms with Crippen LogP contribution in [0.5, 0.6) is 0 Å². The first-order valence-corrected chi connectivity index (χ1v) is 7.65. The van der Waals surface area contributed by atoms with Gasteiger partial charge < -0.3 is 10.2 Å². The minimum Gasteiger partial charge on any atom is -0.369 e. The number of nitrogens with one attached hydrogen (secondary N) is 1. The zero-order chi connectivity index (χ0) is 13.5. The van der Waals surface area contributed by atoms with Gasteiger partial charge in [0, 0.05) is 29.3 Å². The molecule has 0 amide bonds. The van der Waals surface area contributed by atoms with E-state index in [1.165, 1.54) is 17.7 Å². The van der Waals surface area contributed by atoms with Crippen LogP contribution in [0.15, 0.2) is 22.7 Å². The number of hydrogen-bond acceptors (Lipinski definition) is 2. The molecular formula is C15H25BrN2. The summed E-state index contributed by atoms with van der Waals surface area (Å²) in [5, 5.41) is 3.42. The Hall–Kier alpha value is -0.540. The fourth-order valence-corrected chi connectivity index (χ4v) is 2.46. The lowest BCUT2D eigenvalue weighted by molar-refractivity contribution is 0.659. The highest BCUT2D eigenvalue weighted by Gasteiger charge is 2.13. The molecule has 0 spiro atoms. The maximum atomic E-state index is 3.59. The lowest BCUT2D eigenvalue weighted by atomic mass is 10.1. The number of benzene rings is 1. The molecule has 2 nitrogen and oxygen atoms in total. The van der Waals surface area contributed by atoms with Crippen LogP contribution in [0.1, 0.15) is 39.7 Å². The quantitative estimate of drug-likeness (QED) is 0.812. The van der Waals surface area contributed by atoms with Crippen molar-refractivity contribution >= 4 is 21.6 Å². The summed E-state index contributed by atoms with van der Waals surface area (Å²) in [6, 6.07) is 7.11. The predicted molar refractivity (Wildman–Crippen MR) is 84.3 cm³/mol. The number of nitrogens with zero attached hydrogens (tertiary/aromatic N) is 1. The average molecular weight is 313 g/mol. The topological polar surface area (TPSA) is 15.3 Å². The normalized spacial score (nSPS) is 11.0. The van der Waals surface area contributed by atoms with Crippen molar-refractivity contribution in [2.45, 2.75) is 46.7 Å². The molecule has 0 saturated carbocycles. The molecule has 0 aliphatic carbocycles. The highest BCUT2D eigenvalue weighted by Crippen LogP contribution is 2.27. The van der Waals surface area contributed by atoms with Gasteiger partial charge in [-0.15, -0.1) is 0 Å². The summed E-state index contributed by atoms with van der Waals surface area (Å²) in [6.07, 6.45) is 1.17. The third-order valence-corrected chi connectivity index (χ3v) is 3.50. The van der Waals surface area contributed by atoms with E-state index in [2.05, 4.69) is 72.0 Å². The van der Waals surface area contributed by atoms with E-state index in [0.717, 1.165) is 24.1 Å². The fourth-order valence-electron chi connectivity index (χ4n) is 2.11. The molecule has 0 atom stereocenters. The molecule has 1 rings (SSSR count). The third kappa shape index (κ3) is 4.29. The van der Waals surface area contributed by atoms with Crippen LogP contribution in [0.3, 0.4) is 0 Å². The second-order valence-electron chi connectivity index (χ2n) is 4.84. The predicted octanol–water partition coefficient (Wildman–Crippen LogP) is 4.18. The third-order valence-electron chi connectivity index (χ3n) is 3.01. The van der Waals surface area contributed by atoms with Crippen molar-refractivity contribution in [1.29, 1.82) is 0 Å². The Bertz CT molecular complexity index is 364. The first-order chi connectivity index (χ1) is 8.60. The van der Waals surface area contributed by atoms with Gasteiger partial charge in [-0.3, -0.25) is 0 Å². The van der Waals surface area contributed by atoms with Crippen LogP contribution in [0.4, 0.5) is 5.69 Å². The van der Waals surface area contributed by atoms with Crippen LogP contribution in [0.2, 0.25) is 0 Å². The van der Waals surface area contributed by atoms with Gasteiger partial charge in [-0.2, -0.15) is 0 Å². The van der Waals surface area contributed by atoms with E-state index >= 15 is 0 Å². The Morgan fingerprint density at radius 2 is 2.00 bits per heavy atom. The van der Waals surface area contributed by atoms with Crippen molar-refractivity contribution in [1.82, 2.24) is 5.32 Å². The molecule has 1 aromatic carbocycles. The van der Waals surface area contributed by atoms with Crippen molar-refractivity contribution in [3.8, 4) is 0 Å². The van der Waals surface area contributed by atoms with Gasteiger partial charge in [-0.25, -0.2) is 0 Å². The summed E-state index contributed by atoms with van der Waals surface area (Å²) in [5.41, 5.74) is 2.73. The van der Waals surface area contributed by atoms with Crippen LogP contribution in [-0.2, 0) is 6.54 Å². The number of rotatable bonds is 7.